The van der Waals surface area contributed by atoms with E-state index in [1.54, 1.807) is 0 Å². The van der Waals surface area contributed by atoms with E-state index in [1.165, 1.54) is 17.6 Å². The Labute approximate surface area is 145 Å². The summed E-state index contributed by atoms with van der Waals surface area (Å²) in [6, 6.07) is 13.3. The lowest BCUT2D eigenvalue weighted by molar-refractivity contribution is -0.121. The molecule has 8 heteroatoms. The normalized spacial score (nSPS) is 11.9. The van der Waals surface area contributed by atoms with Crippen molar-refractivity contribution in [1.82, 2.24) is 9.73 Å². The van der Waals surface area contributed by atoms with Crippen LogP contribution in [0.1, 0.15) is 10.4 Å². The van der Waals surface area contributed by atoms with E-state index in [-0.39, 0.29) is 13.1 Å². The van der Waals surface area contributed by atoms with Crippen LogP contribution in [0.4, 0.5) is 0 Å². The Morgan fingerprint density at radius 3 is 2.62 bits per heavy atom. The number of carbonyl (C=O) groups is 1. The number of carbonyl (C=O) groups excluding carboxylic acids is 1. The molecule has 0 radical (unpaired) electrons. The minimum atomic E-state index is -3.48. The minimum Gasteiger partial charge on any atom is -0.272 e. The first-order chi connectivity index (χ1) is 11.4. The van der Waals surface area contributed by atoms with Crippen molar-refractivity contribution in [1.29, 1.82) is 0 Å². The number of amides is 1. The summed E-state index contributed by atoms with van der Waals surface area (Å²) in [6.07, 6.45) is 3.16. The van der Waals surface area contributed by atoms with Gasteiger partial charge in [0.05, 0.1) is 19.0 Å². The smallest absolute Gasteiger partial charge is 0.255 e. The molecule has 1 N–H and O–H groups in total. The zero-order valence-corrected chi connectivity index (χ0v) is 14.9. The van der Waals surface area contributed by atoms with Gasteiger partial charge in [-0.1, -0.05) is 36.4 Å². The predicted molar refractivity (Wildman–Crippen MR) is 96.6 cm³/mol. The van der Waals surface area contributed by atoms with E-state index in [1.807, 2.05) is 47.8 Å². The van der Waals surface area contributed by atoms with Crippen molar-refractivity contribution in [2.24, 2.45) is 5.10 Å². The van der Waals surface area contributed by atoms with Gasteiger partial charge in [-0.25, -0.2) is 13.8 Å². The fourth-order valence-electron chi connectivity index (χ4n) is 1.99. The quantitative estimate of drug-likeness (QED) is 0.571. The van der Waals surface area contributed by atoms with Crippen molar-refractivity contribution in [2.45, 2.75) is 6.42 Å². The van der Waals surface area contributed by atoms with E-state index in [0.29, 0.717) is 6.42 Å². The fourth-order valence-corrected chi connectivity index (χ4v) is 3.35. The third-order valence-corrected chi connectivity index (χ3v) is 5.26. The van der Waals surface area contributed by atoms with Gasteiger partial charge >= 0.3 is 0 Å². The molecule has 0 atom stereocenters. The zero-order chi connectivity index (χ0) is 17.4. The lowest BCUT2D eigenvalue weighted by Gasteiger charge is -2.18. The summed E-state index contributed by atoms with van der Waals surface area (Å²) in [4.78, 5) is 12.8. The van der Waals surface area contributed by atoms with E-state index in [2.05, 4.69) is 10.5 Å². The van der Waals surface area contributed by atoms with Crippen molar-refractivity contribution in [3.05, 3.63) is 58.3 Å². The van der Waals surface area contributed by atoms with Gasteiger partial charge in [0.25, 0.3) is 5.91 Å². The first-order valence-corrected chi connectivity index (χ1v) is 10.0. The van der Waals surface area contributed by atoms with Gasteiger partial charge in [-0.2, -0.15) is 9.41 Å². The maximum Gasteiger partial charge on any atom is 0.255 e. The Bertz CT molecular complexity index is 772. The molecule has 6 nitrogen and oxygen atoms in total. The molecule has 1 amide bonds. The molecule has 0 bridgehead atoms. The molecule has 1 aromatic heterocycles. The van der Waals surface area contributed by atoms with Crippen LogP contribution in [0, 0.1) is 0 Å². The highest BCUT2D eigenvalue weighted by Gasteiger charge is 2.19. The molecular weight excluding hydrogens is 346 g/mol. The lowest BCUT2D eigenvalue weighted by atomic mass is 10.1. The molecule has 0 aliphatic carbocycles. The van der Waals surface area contributed by atoms with Crippen LogP contribution >= 0.6 is 11.3 Å². The number of thiophene rings is 1. The Kier molecular flexibility index (Phi) is 6.65. The molecule has 24 heavy (non-hydrogen) atoms. The highest BCUT2D eigenvalue weighted by Crippen LogP contribution is 2.05. The molecule has 0 saturated carbocycles. The van der Waals surface area contributed by atoms with Gasteiger partial charge < -0.3 is 0 Å². The molecule has 2 rings (SSSR count). The van der Waals surface area contributed by atoms with Gasteiger partial charge in [-0.3, -0.25) is 4.79 Å². The second-order valence-corrected chi connectivity index (χ2v) is 8.10. The summed E-state index contributed by atoms with van der Waals surface area (Å²) in [5, 5.41) is 5.73. The van der Waals surface area contributed by atoms with Gasteiger partial charge in [0.15, 0.2) is 0 Å². The Morgan fingerprint density at radius 1 is 1.25 bits per heavy atom. The number of benzene rings is 1. The molecule has 2 aromatic rings. The highest BCUT2D eigenvalue weighted by molar-refractivity contribution is 7.88. The zero-order valence-electron chi connectivity index (χ0n) is 13.3. The van der Waals surface area contributed by atoms with Gasteiger partial charge in [-0.05, 0) is 23.4 Å². The molecular formula is C16H19N3O3S2. The monoisotopic (exact) mass is 365 g/mol. The van der Waals surface area contributed by atoms with Crippen molar-refractivity contribution in [2.75, 3.05) is 19.3 Å². The fraction of sp³-hybridized carbons (Fsp3) is 0.250. The van der Waals surface area contributed by atoms with E-state index >= 15 is 0 Å². The largest absolute Gasteiger partial charge is 0.272 e. The van der Waals surface area contributed by atoms with Gasteiger partial charge in [0.1, 0.15) is 0 Å². The summed E-state index contributed by atoms with van der Waals surface area (Å²) in [5.74, 6) is -0.471. The highest BCUT2D eigenvalue weighted by atomic mass is 32.2. The second kappa shape index (κ2) is 8.72. The number of hydrogen-bond donors (Lipinski definition) is 1. The van der Waals surface area contributed by atoms with E-state index < -0.39 is 15.9 Å². The van der Waals surface area contributed by atoms with Crippen LogP contribution in [0.25, 0.3) is 0 Å². The molecule has 0 aliphatic heterocycles. The van der Waals surface area contributed by atoms with E-state index in [4.69, 9.17) is 0 Å². The third kappa shape index (κ3) is 6.23. The predicted octanol–water partition coefficient (Wildman–Crippen LogP) is 1.70. The van der Waals surface area contributed by atoms with Crippen molar-refractivity contribution >= 4 is 33.5 Å². The van der Waals surface area contributed by atoms with Crippen LogP contribution in [-0.2, 0) is 21.2 Å². The van der Waals surface area contributed by atoms with E-state index in [9.17, 15) is 13.2 Å². The third-order valence-electron chi connectivity index (χ3n) is 3.21. The number of sulfonamides is 1. The van der Waals surface area contributed by atoms with Crippen LogP contribution in [0.5, 0.6) is 0 Å². The minimum absolute atomic E-state index is 0.241. The van der Waals surface area contributed by atoms with Gasteiger partial charge in [-0.15, -0.1) is 11.3 Å². The number of hydrazone groups is 1. The number of nitrogens with one attached hydrogen (secondary N) is 1. The maximum absolute atomic E-state index is 11.9. The molecule has 0 aliphatic rings. The first kappa shape index (κ1) is 18.3. The van der Waals surface area contributed by atoms with Gasteiger partial charge in [0.2, 0.25) is 10.0 Å². The van der Waals surface area contributed by atoms with Crippen LogP contribution in [0.2, 0.25) is 0 Å². The number of rotatable bonds is 8. The summed E-state index contributed by atoms with van der Waals surface area (Å²) >= 11 is 1.49. The molecule has 128 valence electrons. The summed E-state index contributed by atoms with van der Waals surface area (Å²) < 4.78 is 24.9. The summed E-state index contributed by atoms with van der Waals surface area (Å²) in [7, 11) is -3.48. The van der Waals surface area contributed by atoms with Gasteiger partial charge in [0, 0.05) is 11.4 Å². The standard InChI is InChI=1S/C16H19N3O3S2/c1-24(21,22)19(10-9-14-6-3-2-4-7-14)13-16(20)18-17-12-15-8-5-11-23-15/h2-8,11-12H,9-10,13H2,1H3,(H,18,20). The van der Waals surface area contributed by atoms with Crippen LogP contribution < -0.4 is 5.43 Å². The topological polar surface area (TPSA) is 78.8 Å². The SMILES string of the molecule is CS(=O)(=O)N(CCc1ccccc1)CC(=O)NN=Cc1cccs1. The number of hydrogen-bond acceptors (Lipinski definition) is 5. The Hall–Kier alpha value is -2.03. The van der Waals surface area contributed by atoms with Crippen molar-refractivity contribution in [3.8, 4) is 0 Å². The maximum atomic E-state index is 11.9. The molecule has 0 saturated heterocycles. The summed E-state index contributed by atoms with van der Waals surface area (Å²) in [5.41, 5.74) is 3.37. The Morgan fingerprint density at radius 2 is 2.00 bits per heavy atom. The second-order valence-electron chi connectivity index (χ2n) is 5.14. The molecule has 1 heterocycles. The molecule has 1 aromatic carbocycles. The average Bonchev–Trinajstić information content (AvgIpc) is 3.04. The Balaban J connectivity index is 1.89. The molecule has 0 fully saturated rings. The van der Waals surface area contributed by atoms with Crippen LogP contribution in [-0.4, -0.2) is 44.2 Å². The average molecular weight is 365 g/mol. The van der Waals surface area contributed by atoms with Crippen LogP contribution in [0.15, 0.2) is 52.9 Å². The van der Waals surface area contributed by atoms with Crippen molar-refractivity contribution in [3.63, 3.8) is 0 Å². The molecule has 0 spiro atoms. The first-order valence-electron chi connectivity index (χ1n) is 7.29. The lowest BCUT2D eigenvalue weighted by Crippen LogP contribution is -2.40. The molecule has 0 unspecified atom stereocenters. The summed E-state index contributed by atoms with van der Waals surface area (Å²) in [6.45, 7) is -0.0155. The van der Waals surface area contributed by atoms with Crippen LogP contribution in [0.3, 0.4) is 0 Å². The van der Waals surface area contributed by atoms with Crippen molar-refractivity contribution < 1.29 is 13.2 Å². The van der Waals surface area contributed by atoms with E-state index in [0.717, 1.165) is 21.0 Å². The number of nitrogens with zero attached hydrogens (tertiary/aromatic N) is 2.